The molecule has 1 aliphatic heterocycles. The number of amides is 2. The first-order valence-electron chi connectivity index (χ1n) is 8.74. The molecule has 1 N–H and O–H groups in total. The molecule has 28 heavy (non-hydrogen) atoms. The first-order valence-corrected chi connectivity index (χ1v) is 10.4. The second-order valence-electron chi connectivity index (χ2n) is 6.48. The molecular weight excluding hydrogens is 392 g/mol. The summed E-state index contributed by atoms with van der Waals surface area (Å²) >= 11 is 2.78. The van der Waals surface area contributed by atoms with Crippen LogP contribution in [0.4, 0.5) is 10.8 Å². The maximum absolute atomic E-state index is 12.5. The number of amidine groups is 1. The van der Waals surface area contributed by atoms with E-state index in [1.165, 1.54) is 28.0 Å². The van der Waals surface area contributed by atoms with Gasteiger partial charge in [0.25, 0.3) is 0 Å². The van der Waals surface area contributed by atoms with Gasteiger partial charge in [-0.05, 0) is 36.8 Å². The number of nitrogens with zero attached hydrogens (tertiary/aromatic N) is 3. The van der Waals surface area contributed by atoms with Gasteiger partial charge in [-0.15, -0.1) is 0 Å². The molecular formula is C20H18N4O2S2. The SMILES string of the molecule is Cc1cccc(NC(=O)C[C@@H]2SC(=Nc3nc4ccccc4s3)N(C)C2=O)c1. The highest BCUT2D eigenvalue weighted by atomic mass is 32.2. The van der Waals surface area contributed by atoms with Crippen molar-refractivity contribution in [1.29, 1.82) is 0 Å². The summed E-state index contributed by atoms with van der Waals surface area (Å²) in [5, 5.41) is 3.54. The molecule has 1 aromatic heterocycles. The molecule has 0 bridgehead atoms. The van der Waals surface area contributed by atoms with Crippen LogP contribution in [0.3, 0.4) is 0 Å². The Morgan fingerprint density at radius 2 is 2.07 bits per heavy atom. The van der Waals surface area contributed by atoms with E-state index in [9.17, 15) is 9.59 Å². The van der Waals surface area contributed by atoms with Crippen molar-refractivity contribution >= 4 is 61.1 Å². The summed E-state index contributed by atoms with van der Waals surface area (Å²) in [6.07, 6.45) is 0.0979. The van der Waals surface area contributed by atoms with Gasteiger partial charge in [0.2, 0.25) is 16.9 Å². The van der Waals surface area contributed by atoms with Gasteiger partial charge in [0.15, 0.2) is 5.17 Å². The third-order valence-electron chi connectivity index (χ3n) is 4.29. The fraction of sp³-hybridized carbons (Fsp3) is 0.200. The molecule has 2 amide bonds. The average Bonchev–Trinajstić information content (AvgIpc) is 3.18. The molecule has 1 fully saturated rings. The number of carbonyl (C=O) groups excluding carboxylic acids is 2. The number of carbonyl (C=O) groups is 2. The van der Waals surface area contributed by atoms with E-state index < -0.39 is 5.25 Å². The largest absolute Gasteiger partial charge is 0.326 e. The van der Waals surface area contributed by atoms with E-state index in [4.69, 9.17) is 0 Å². The number of para-hydroxylation sites is 1. The summed E-state index contributed by atoms with van der Waals surface area (Å²) < 4.78 is 1.05. The predicted molar refractivity (Wildman–Crippen MR) is 115 cm³/mol. The van der Waals surface area contributed by atoms with Crippen molar-refractivity contribution in [3.63, 3.8) is 0 Å². The number of benzene rings is 2. The molecule has 0 spiro atoms. The van der Waals surface area contributed by atoms with Crippen molar-refractivity contribution in [2.45, 2.75) is 18.6 Å². The Kier molecular flexibility index (Phi) is 5.15. The van der Waals surface area contributed by atoms with Crippen LogP contribution < -0.4 is 5.32 Å². The summed E-state index contributed by atoms with van der Waals surface area (Å²) in [5.41, 5.74) is 2.68. The predicted octanol–water partition coefficient (Wildman–Crippen LogP) is 4.19. The first kappa shape index (κ1) is 18.6. The molecule has 3 aromatic rings. The van der Waals surface area contributed by atoms with E-state index in [0.29, 0.717) is 10.3 Å². The van der Waals surface area contributed by atoms with Crippen molar-refractivity contribution in [2.24, 2.45) is 4.99 Å². The maximum Gasteiger partial charge on any atom is 0.242 e. The molecule has 1 saturated heterocycles. The summed E-state index contributed by atoms with van der Waals surface area (Å²) in [4.78, 5) is 35.4. The maximum atomic E-state index is 12.5. The lowest BCUT2D eigenvalue weighted by atomic mass is 10.2. The molecule has 0 unspecified atom stereocenters. The fourth-order valence-corrected chi connectivity index (χ4v) is 4.92. The van der Waals surface area contributed by atoms with Crippen LogP contribution in [0.15, 0.2) is 53.5 Å². The lowest BCUT2D eigenvalue weighted by Crippen LogP contribution is -2.30. The van der Waals surface area contributed by atoms with E-state index in [-0.39, 0.29) is 18.2 Å². The van der Waals surface area contributed by atoms with Gasteiger partial charge in [-0.1, -0.05) is 47.4 Å². The van der Waals surface area contributed by atoms with Crippen LogP contribution in [0.5, 0.6) is 0 Å². The highest BCUT2D eigenvalue weighted by molar-refractivity contribution is 8.15. The normalized spacial score (nSPS) is 18.2. The van der Waals surface area contributed by atoms with Crippen LogP contribution >= 0.6 is 23.1 Å². The number of aromatic nitrogens is 1. The second kappa shape index (κ2) is 7.73. The molecule has 1 aliphatic rings. The number of aryl methyl sites for hydroxylation is 1. The molecule has 2 aromatic carbocycles. The fourth-order valence-electron chi connectivity index (χ4n) is 2.89. The van der Waals surface area contributed by atoms with Gasteiger partial charge < -0.3 is 5.32 Å². The Labute approximate surface area is 170 Å². The van der Waals surface area contributed by atoms with Crippen LogP contribution in [0.25, 0.3) is 10.2 Å². The Balaban J connectivity index is 1.46. The van der Waals surface area contributed by atoms with Crippen LogP contribution in [0, 0.1) is 6.92 Å². The van der Waals surface area contributed by atoms with E-state index in [0.717, 1.165) is 21.5 Å². The Morgan fingerprint density at radius 1 is 1.25 bits per heavy atom. The zero-order valence-electron chi connectivity index (χ0n) is 15.4. The Hall–Kier alpha value is -2.71. The highest BCUT2D eigenvalue weighted by Gasteiger charge is 2.37. The van der Waals surface area contributed by atoms with E-state index in [1.54, 1.807) is 7.05 Å². The van der Waals surface area contributed by atoms with Crippen molar-refractivity contribution < 1.29 is 9.59 Å². The van der Waals surface area contributed by atoms with Crippen LogP contribution in [-0.2, 0) is 9.59 Å². The van der Waals surface area contributed by atoms with Crippen LogP contribution in [0.1, 0.15) is 12.0 Å². The van der Waals surface area contributed by atoms with Crippen molar-refractivity contribution in [1.82, 2.24) is 9.88 Å². The number of rotatable bonds is 4. The van der Waals surface area contributed by atoms with Crippen molar-refractivity contribution in [3.05, 3.63) is 54.1 Å². The van der Waals surface area contributed by atoms with E-state index >= 15 is 0 Å². The molecule has 0 aliphatic carbocycles. The zero-order chi connectivity index (χ0) is 19.7. The smallest absolute Gasteiger partial charge is 0.242 e. The minimum absolute atomic E-state index is 0.0979. The number of hydrogen-bond acceptors (Lipinski definition) is 6. The molecule has 6 nitrogen and oxygen atoms in total. The topological polar surface area (TPSA) is 74.7 Å². The average molecular weight is 411 g/mol. The number of nitrogens with one attached hydrogen (secondary N) is 1. The molecule has 142 valence electrons. The Bertz CT molecular complexity index is 1060. The summed E-state index contributed by atoms with van der Waals surface area (Å²) in [6.45, 7) is 1.96. The van der Waals surface area contributed by atoms with Crippen molar-refractivity contribution in [2.75, 3.05) is 12.4 Å². The molecule has 8 heteroatoms. The third-order valence-corrected chi connectivity index (χ3v) is 6.45. The highest BCUT2D eigenvalue weighted by Crippen LogP contribution is 2.33. The number of fused-ring (bicyclic) bond motifs is 1. The second-order valence-corrected chi connectivity index (χ2v) is 8.66. The van der Waals surface area contributed by atoms with Gasteiger partial charge in [-0.25, -0.2) is 4.98 Å². The lowest BCUT2D eigenvalue weighted by molar-refractivity contribution is -0.127. The minimum atomic E-state index is -0.483. The van der Waals surface area contributed by atoms with Gasteiger partial charge in [-0.2, -0.15) is 4.99 Å². The number of thioether (sulfide) groups is 1. The van der Waals surface area contributed by atoms with Gasteiger partial charge in [0, 0.05) is 19.2 Å². The summed E-state index contributed by atoms with van der Waals surface area (Å²) in [7, 11) is 1.68. The number of thiazole rings is 1. The van der Waals surface area contributed by atoms with Crippen LogP contribution in [-0.4, -0.2) is 39.2 Å². The third kappa shape index (κ3) is 3.93. The monoisotopic (exact) mass is 410 g/mol. The molecule has 0 radical (unpaired) electrons. The standard InChI is InChI=1S/C20H18N4O2S2/c1-12-6-5-7-13(10-12)21-17(25)11-16-18(26)24(2)20(28-16)23-19-22-14-8-3-4-9-15(14)27-19/h3-10,16H,11H2,1-2H3,(H,21,25)/t16-/m0/s1. The minimum Gasteiger partial charge on any atom is -0.326 e. The van der Waals surface area contributed by atoms with Gasteiger partial charge in [0.05, 0.1) is 10.2 Å². The molecule has 1 atom stereocenters. The number of aliphatic imine (C=N–C) groups is 1. The molecule has 4 rings (SSSR count). The van der Waals surface area contributed by atoms with E-state index in [2.05, 4.69) is 15.3 Å². The number of anilines is 1. The zero-order valence-corrected chi connectivity index (χ0v) is 17.0. The van der Waals surface area contributed by atoms with Gasteiger partial charge >= 0.3 is 0 Å². The quantitative estimate of drug-likeness (QED) is 0.700. The van der Waals surface area contributed by atoms with Gasteiger partial charge in [0.1, 0.15) is 5.25 Å². The lowest BCUT2D eigenvalue weighted by Gasteiger charge is -2.09. The summed E-state index contributed by atoms with van der Waals surface area (Å²) in [6, 6.07) is 15.4. The first-order chi connectivity index (χ1) is 13.5. The van der Waals surface area contributed by atoms with Crippen LogP contribution in [0.2, 0.25) is 0 Å². The molecule has 0 saturated carbocycles. The van der Waals surface area contributed by atoms with E-state index in [1.807, 2.05) is 55.5 Å². The van der Waals surface area contributed by atoms with Gasteiger partial charge in [-0.3, -0.25) is 14.5 Å². The summed E-state index contributed by atoms with van der Waals surface area (Å²) in [5.74, 6) is -0.310. The Morgan fingerprint density at radius 3 is 2.86 bits per heavy atom. The van der Waals surface area contributed by atoms with Crippen molar-refractivity contribution in [3.8, 4) is 0 Å². The molecule has 2 heterocycles. The number of hydrogen-bond donors (Lipinski definition) is 1.